The summed E-state index contributed by atoms with van der Waals surface area (Å²) in [5.74, 6) is 6.90. The molecule has 0 spiro atoms. The van der Waals surface area contributed by atoms with Gasteiger partial charge in [0.25, 0.3) is 0 Å². The molecule has 3 N–H and O–H groups in total. The first kappa shape index (κ1) is 13.7. The Morgan fingerprint density at radius 3 is 2.67 bits per heavy atom. The van der Waals surface area contributed by atoms with Gasteiger partial charge in [-0.25, -0.2) is 0 Å². The fourth-order valence-corrected chi connectivity index (χ4v) is 4.97. The molecule has 1 rings (SSSR count). The molecular formula is C11H24N2S2. The fourth-order valence-electron chi connectivity index (χ4n) is 1.82. The molecule has 1 heterocycles. The van der Waals surface area contributed by atoms with Crippen molar-refractivity contribution in [3.8, 4) is 0 Å². The van der Waals surface area contributed by atoms with Crippen LogP contribution in [0.2, 0.25) is 0 Å². The van der Waals surface area contributed by atoms with Crippen molar-refractivity contribution in [3.63, 3.8) is 0 Å². The molecule has 0 aromatic heterocycles. The average molecular weight is 248 g/mol. The average Bonchev–Trinajstić information content (AvgIpc) is 2.24. The van der Waals surface area contributed by atoms with Crippen LogP contribution in [0.4, 0.5) is 0 Å². The highest BCUT2D eigenvalue weighted by Gasteiger charge is 2.30. The number of rotatable bonds is 5. The second-order valence-corrected chi connectivity index (χ2v) is 7.36. The highest BCUT2D eigenvalue weighted by Crippen LogP contribution is 2.37. The summed E-state index contributed by atoms with van der Waals surface area (Å²) < 4.78 is 0. The zero-order valence-electron chi connectivity index (χ0n) is 10.0. The van der Waals surface area contributed by atoms with E-state index in [-0.39, 0.29) is 0 Å². The van der Waals surface area contributed by atoms with Crippen molar-refractivity contribution in [1.29, 1.82) is 0 Å². The van der Waals surface area contributed by atoms with Gasteiger partial charge in [-0.1, -0.05) is 33.6 Å². The van der Waals surface area contributed by atoms with Gasteiger partial charge in [-0.15, -0.1) is 0 Å². The minimum absolute atomic E-state index is 0.498. The van der Waals surface area contributed by atoms with E-state index in [0.717, 1.165) is 10.5 Å². The van der Waals surface area contributed by atoms with Crippen molar-refractivity contribution in [2.24, 2.45) is 5.84 Å². The third kappa shape index (κ3) is 4.17. The lowest BCUT2D eigenvalue weighted by atomic mass is 10.1. The Kier molecular flexibility index (Phi) is 6.43. The Hall–Kier alpha value is 0.620. The highest BCUT2D eigenvalue weighted by atomic mass is 32.2. The third-order valence-corrected chi connectivity index (χ3v) is 6.66. The van der Waals surface area contributed by atoms with Crippen molar-refractivity contribution < 1.29 is 0 Å². The van der Waals surface area contributed by atoms with Crippen LogP contribution in [-0.4, -0.2) is 27.5 Å². The lowest BCUT2D eigenvalue weighted by molar-refractivity contribution is 0.473. The Balaban J connectivity index is 2.39. The van der Waals surface area contributed by atoms with Gasteiger partial charge in [-0.05, 0) is 6.42 Å². The first-order valence-electron chi connectivity index (χ1n) is 5.92. The second-order valence-electron chi connectivity index (χ2n) is 4.33. The molecule has 0 amide bonds. The van der Waals surface area contributed by atoms with E-state index < -0.39 is 0 Å². The van der Waals surface area contributed by atoms with Crippen LogP contribution in [0.5, 0.6) is 0 Å². The van der Waals surface area contributed by atoms with Crippen LogP contribution in [0.1, 0.15) is 40.0 Å². The van der Waals surface area contributed by atoms with Gasteiger partial charge in [0.05, 0.1) is 0 Å². The van der Waals surface area contributed by atoms with Crippen LogP contribution >= 0.6 is 23.5 Å². The summed E-state index contributed by atoms with van der Waals surface area (Å²) in [7, 11) is 0. The van der Waals surface area contributed by atoms with Crippen LogP contribution < -0.4 is 11.3 Å². The summed E-state index contributed by atoms with van der Waals surface area (Å²) in [6, 6.07) is 0.498. The molecule has 0 radical (unpaired) electrons. The molecule has 4 atom stereocenters. The molecule has 0 aromatic rings. The molecule has 0 bridgehead atoms. The molecule has 4 heteroatoms. The molecule has 0 aromatic carbocycles. The topological polar surface area (TPSA) is 38.0 Å². The standard InChI is InChI=1S/C11H24N2S2/c1-4-5-6-10(13-12)11-7-14-8(2)9(3)15-11/h8-11,13H,4-7,12H2,1-3H3. The van der Waals surface area contributed by atoms with Crippen molar-refractivity contribution in [1.82, 2.24) is 5.43 Å². The van der Waals surface area contributed by atoms with E-state index in [9.17, 15) is 0 Å². The van der Waals surface area contributed by atoms with Crippen LogP contribution in [0.25, 0.3) is 0 Å². The molecule has 1 aliphatic rings. The fraction of sp³-hybridized carbons (Fsp3) is 1.00. The summed E-state index contributed by atoms with van der Waals surface area (Å²) in [5.41, 5.74) is 3.01. The molecule has 2 nitrogen and oxygen atoms in total. The van der Waals surface area contributed by atoms with Gasteiger partial charge in [0.15, 0.2) is 0 Å². The largest absolute Gasteiger partial charge is 0.271 e. The van der Waals surface area contributed by atoms with Gasteiger partial charge in [0.2, 0.25) is 0 Å². The zero-order valence-corrected chi connectivity index (χ0v) is 11.7. The summed E-state index contributed by atoms with van der Waals surface area (Å²) in [6.45, 7) is 6.90. The molecule has 1 aliphatic heterocycles. The van der Waals surface area contributed by atoms with E-state index in [0.29, 0.717) is 11.3 Å². The summed E-state index contributed by atoms with van der Waals surface area (Å²) >= 11 is 4.21. The van der Waals surface area contributed by atoms with E-state index in [4.69, 9.17) is 5.84 Å². The molecule has 15 heavy (non-hydrogen) atoms. The first-order valence-corrected chi connectivity index (χ1v) is 7.91. The lowest BCUT2D eigenvalue weighted by Crippen LogP contribution is -2.46. The number of hydrogen-bond donors (Lipinski definition) is 2. The minimum atomic E-state index is 0.498. The number of nitrogens with one attached hydrogen (secondary N) is 1. The monoisotopic (exact) mass is 248 g/mol. The van der Waals surface area contributed by atoms with Crippen LogP contribution in [0, 0.1) is 0 Å². The van der Waals surface area contributed by atoms with E-state index in [1.165, 1.54) is 25.0 Å². The Bertz CT molecular complexity index is 178. The molecular weight excluding hydrogens is 224 g/mol. The molecule has 0 saturated carbocycles. The van der Waals surface area contributed by atoms with Gasteiger partial charge in [0, 0.05) is 27.5 Å². The SMILES string of the molecule is CCCCC(NN)C1CSC(C)C(C)S1. The first-order chi connectivity index (χ1) is 7.19. The highest BCUT2D eigenvalue weighted by molar-refractivity contribution is 8.07. The Labute approximate surface area is 102 Å². The van der Waals surface area contributed by atoms with Crippen LogP contribution in [-0.2, 0) is 0 Å². The molecule has 4 unspecified atom stereocenters. The van der Waals surface area contributed by atoms with Gasteiger partial charge in [0.1, 0.15) is 0 Å². The summed E-state index contributed by atoms with van der Waals surface area (Å²) in [6.07, 6.45) is 3.75. The lowest BCUT2D eigenvalue weighted by Gasteiger charge is -2.35. The van der Waals surface area contributed by atoms with E-state index >= 15 is 0 Å². The smallest absolute Gasteiger partial charge is 0.0337 e. The maximum atomic E-state index is 5.65. The predicted molar refractivity (Wildman–Crippen MR) is 73.4 cm³/mol. The van der Waals surface area contributed by atoms with E-state index in [1.54, 1.807) is 0 Å². The Morgan fingerprint density at radius 2 is 2.13 bits per heavy atom. The van der Waals surface area contributed by atoms with Gasteiger partial charge < -0.3 is 0 Å². The van der Waals surface area contributed by atoms with Gasteiger partial charge in [-0.2, -0.15) is 23.5 Å². The third-order valence-electron chi connectivity index (χ3n) is 3.11. The summed E-state index contributed by atoms with van der Waals surface area (Å²) in [5, 5.41) is 2.24. The molecule has 1 saturated heterocycles. The Morgan fingerprint density at radius 1 is 1.40 bits per heavy atom. The van der Waals surface area contributed by atoms with Crippen LogP contribution in [0.15, 0.2) is 0 Å². The van der Waals surface area contributed by atoms with Crippen LogP contribution in [0.3, 0.4) is 0 Å². The maximum absolute atomic E-state index is 5.65. The number of unbranched alkanes of at least 4 members (excludes halogenated alkanes) is 1. The van der Waals surface area contributed by atoms with E-state index in [2.05, 4.69) is 49.7 Å². The number of thioether (sulfide) groups is 2. The van der Waals surface area contributed by atoms with Crippen molar-refractivity contribution in [3.05, 3.63) is 0 Å². The summed E-state index contributed by atoms with van der Waals surface area (Å²) in [4.78, 5) is 0. The number of nitrogens with two attached hydrogens (primary N) is 1. The van der Waals surface area contributed by atoms with Gasteiger partial charge >= 0.3 is 0 Å². The number of hydrogen-bond acceptors (Lipinski definition) is 4. The second kappa shape index (κ2) is 7.05. The predicted octanol–water partition coefficient (Wildman–Crippen LogP) is 2.63. The zero-order chi connectivity index (χ0) is 11.3. The van der Waals surface area contributed by atoms with Crippen molar-refractivity contribution in [2.45, 2.75) is 61.8 Å². The van der Waals surface area contributed by atoms with E-state index in [1.807, 2.05) is 0 Å². The maximum Gasteiger partial charge on any atom is 0.0337 e. The normalized spacial score (nSPS) is 34.0. The van der Waals surface area contributed by atoms with Crippen molar-refractivity contribution in [2.75, 3.05) is 5.75 Å². The number of hydrazine groups is 1. The molecule has 0 aliphatic carbocycles. The molecule has 90 valence electrons. The van der Waals surface area contributed by atoms with Gasteiger partial charge in [-0.3, -0.25) is 11.3 Å². The molecule has 1 fully saturated rings. The minimum Gasteiger partial charge on any atom is -0.271 e. The van der Waals surface area contributed by atoms with Crippen molar-refractivity contribution >= 4 is 23.5 Å². The quantitative estimate of drug-likeness (QED) is 0.579.